The third kappa shape index (κ3) is 18.4. The van der Waals surface area contributed by atoms with Crippen molar-refractivity contribution in [1.82, 2.24) is 0 Å². The lowest BCUT2D eigenvalue weighted by Gasteiger charge is -2.37. The van der Waals surface area contributed by atoms with Crippen molar-refractivity contribution in [3.05, 3.63) is 0 Å². The summed E-state index contributed by atoms with van der Waals surface area (Å²) in [5.41, 5.74) is 0. The molecule has 0 aliphatic carbocycles. The predicted octanol–water partition coefficient (Wildman–Crippen LogP) is 8.79. The van der Waals surface area contributed by atoms with Gasteiger partial charge in [-0.1, -0.05) is 90.9 Å². The Balaban J connectivity index is 5.08. The minimum absolute atomic E-state index is 0.0933. The SMILES string of the molecule is CCCCCCCCC(O[Si](C)(C)C)C(OO)C(CCCCCCCC)O[Si](C)(C)C. The predicted molar refractivity (Wildman–Crippen MR) is 140 cm³/mol. The van der Waals surface area contributed by atoms with Gasteiger partial charge in [0.15, 0.2) is 16.6 Å². The van der Waals surface area contributed by atoms with Gasteiger partial charge in [-0.25, -0.2) is 4.89 Å². The summed E-state index contributed by atoms with van der Waals surface area (Å²) in [7, 11) is -3.55. The lowest BCUT2D eigenvalue weighted by molar-refractivity contribution is -0.312. The minimum atomic E-state index is -1.77. The zero-order valence-corrected chi connectivity index (χ0v) is 24.3. The molecular formula is C25H56O4Si2. The van der Waals surface area contributed by atoms with Crippen LogP contribution < -0.4 is 0 Å². The highest BCUT2D eigenvalue weighted by Gasteiger charge is 2.37. The largest absolute Gasteiger partial charge is 0.412 e. The monoisotopic (exact) mass is 476 g/mol. The van der Waals surface area contributed by atoms with E-state index in [2.05, 4.69) is 53.1 Å². The molecule has 0 radical (unpaired) electrons. The van der Waals surface area contributed by atoms with Crippen LogP contribution >= 0.6 is 0 Å². The molecule has 2 unspecified atom stereocenters. The summed E-state index contributed by atoms with van der Waals surface area (Å²) >= 11 is 0. The van der Waals surface area contributed by atoms with Crippen molar-refractivity contribution >= 4 is 16.6 Å². The molecule has 0 saturated carbocycles. The van der Waals surface area contributed by atoms with Crippen molar-refractivity contribution in [3.63, 3.8) is 0 Å². The topological polar surface area (TPSA) is 47.9 Å². The fourth-order valence-electron chi connectivity index (χ4n) is 4.12. The van der Waals surface area contributed by atoms with Gasteiger partial charge in [0.05, 0.1) is 12.2 Å². The van der Waals surface area contributed by atoms with Crippen molar-refractivity contribution < 1.29 is 19.0 Å². The van der Waals surface area contributed by atoms with Gasteiger partial charge in [-0.3, -0.25) is 5.26 Å². The summed E-state index contributed by atoms with van der Waals surface area (Å²) in [5, 5.41) is 9.98. The van der Waals surface area contributed by atoms with Gasteiger partial charge in [0, 0.05) is 0 Å². The first-order valence-corrected chi connectivity index (χ1v) is 20.0. The van der Waals surface area contributed by atoms with E-state index in [1.54, 1.807) is 0 Å². The Kier molecular flexibility index (Phi) is 17.9. The van der Waals surface area contributed by atoms with Crippen LogP contribution in [0, 0.1) is 0 Å². The number of unbranched alkanes of at least 4 members (excludes halogenated alkanes) is 10. The fraction of sp³-hybridized carbons (Fsp3) is 1.00. The van der Waals surface area contributed by atoms with Gasteiger partial charge >= 0.3 is 0 Å². The summed E-state index contributed by atoms with van der Waals surface area (Å²) in [6, 6.07) is 0. The van der Waals surface area contributed by atoms with E-state index < -0.39 is 22.7 Å². The molecule has 0 aromatic carbocycles. The highest BCUT2D eigenvalue weighted by Crippen LogP contribution is 2.27. The van der Waals surface area contributed by atoms with Gasteiger partial charge in [0.25, 0.3) is 0 Å². The number of hydrogen-bond acceptors (Lipinski definition) is 4. The summed E-state index contributed by atoms with van der Waals surface area (Å²) < 4.78 is 13.1. The Morgan fingerprint density at radius 3 is 1.16 bits per heavy atom. The van der Waals surface area contributed by atoms with Crippen LogP contribution in [0.3, 0.4) is 0 Å². The van der Waals surface area contributed by atoms with E-state index in [1.165, 1.54) is 64.2 Å². The van der Waals surface area contributed by atoms with Crippen molar-refractivity contribution in [2.24, 2.45) is 0 Å². The van der Waals surface area contributed by atoms with E-state index in [-0.39, 0.29) is 12.2 Å². The van der Waals surface area contributed by atoms with Gasteiger partial charge in [-0.2, -0.15) is 0 Å². The van der Waals surface area contributed by atoms with Crippen molar-refractivity contribution in [1.29, 1.82) is 0 Å². The Morgan fingerprint density at radius 2 is 0.871 bits per heavy atom. The lowest BCUT2D eigenvalue weighted by Crippen LogP contribution is -2.49. The number of hydrogen-bond donors (Lipinski definition) is 1. The zero-order chi connectivity index (χ0) is 23.8. The standard InChI is InChI=1S/C25H56O4Si2/c1-9-11-13-15-17-19-21-23(28-30(3,4)5)25(27-26)24(29-31(6,7)8)22-20-18-16-14-12-10-2/h23-26H,9-22H2,1-8H3. The molecule has 2 atom stereocenters. The van der Waals surface area contributed by atoms with Crippen LogP contribution in [-0.2, 0) is 13.7 Å². The first kappa shape index (κ1) is 31.3. The van der Waals surface area contributed by atoms with Crippen LogP contribution in [0.1, 0.15) is 104 Å². The highest BCUT2D eigenvalue weighted by molar-refractivity contribution is 6.70. The summed E-state index contributed by atoms with van der Waals surface area (Å²) in [6.07, 6.45) is 16.4. The second kappa shape index (κ2) is 17.7. The molecule has 0 heterocycles. The van der Waals surface area contributed by atoms with Gasteiger partial charge in [0.2, 0.25) is 0 Å². The van der Waals surface area contributed by atoms with E-state index in [0.29, 0.717) is 0 Å². The van der Waals surface area contributed by atoms with Crippen molar-refractivity contribution in [2.75, 3.05) is 0 Å². The van der Waals surface area contributed by atoms with Gasteiger partial charge in [-0.05, 0) is 52.1 Å². The molecule has 188 valence electrons. The molecule has 0 spiro atoms. The van der Waals surface area contributed by atoms with Crippen LogP contribution in [0.4, 0.5) is 0 Å². The molecule has 0 fully saturated rings. The maximum absolute atomic E-state index is 9.98. The second-order valence-electron chi connectivity index (χ2n) is 11.2. The molecule has 0 aromatic rings. The van der Waals surface area contributed by atoms with Crippen molar-refractivity contribution in [2.45, 2.75) is 161 Å². The molecule has 0 saturated heterocycles. The van der Waals surface area contributed by atoms with E-state index in [1.807, 2.05) is 0 Å². The summed E-state index contributed by atoms with van der Waals surface area (Å²) in [5.74, 6) is 0. The Morgan fingerprint density at radius 1 is 0.548 bits per heavy atom. The van der Waals surface area contributed by atoms with E-state index in [9.17, 15) is 5.26 Å². The van der Waals surface area contributed by atoms with E-state index in [4.69, 9.17) is 13.7 Å². The Bertz CT molecular complexity index is 371. The normalized spacial score (nSPS) is 15.8. The maximum Gasteiger partial charge on any atom is 0.184 e. The average Bonchev–Trinajstić information content (AvgIpc) is 2.65. The zero-order valence-electron chi connectivity index (χ0n) is 22.3. The molecular weight excluding hydrogens is 420 g/mol. The lowest BCUT2D eigenvalue weighted by atomic mass is 9.97. The third-order valence-electron chi connectivity index (χ3n) is 5.55. The van der Waals surface area contributed by atoms with Gasteiger partial charge in [-0.15, -0.1) is 0 Å². The molecule has 0 amide bonds. The first-order chi connectivity index (χ1) is 14.5. The summed E-state index contributed by atoms with van der Waals surface area (Å²) in [4.78, 5) is 5.15. The molecule has 6 heteroatoms. The van der Waals surface area contributed by atoms with Crippen LogP contribution in [0.15, 0.2) is 0 Å². The maximum atomic E-state index is 9.98. The molecule has 0 aliphatic rings. The van der Waals surface area contributed by atoms with E-state index >= 15 is 0 Å². The van der Waals surface area contributed by atoms with E-state index in [0.717, 1.165) is 25.7 Å². The molecule has 0 aliphatic heterocycles. The van der Waals surface area contributed by atoms with Gasteiger partial charge in [0.1, 0.15) is 6.10 Å². The molecule has 1 N–H and O–H groups in total. The smallest absolute Gasteiger partial charge is 0.184 e. The van der Waals surface area contributed by atoms with Crippen LogP contribution in [-0.4, -0.2) is 40.2 Å². The highest BCUT2D eigenvalue weighted by atomic mass is 28.4. The average molecular weight is 477 g/mol. The molecule has 0 aromatic heterocycles. The quantitative estimate of drug-likeness (QED) is 0.0778. The Labute approximate surface area is 197 Å². The molecule has 0 rings (SSSR count). The molecule has 31 heavy (non-hydrogen) atoms. The van der Waals surface area contributed by atoms with Crippen LogP contribution in [0.2, 0.25) is 39.3 Å². The van der Waals surface area contributed by atoms with Crippen LogP contribution in [0.5, 0.6) is 0 Å². The Hall–Kier alpha value is 0.274. The summed E-state index contributed by atoms with van der Waals surface area (Å²) in [6.45, 7) is 17.8. The van der Waals surface area contributed by atoms with Crippen molar-refractivity contribution in [3.8, 4) is 0 Å². The minimum Gasteiger partial charge on any atom is -0.412 e. The number of rotatable bonds is 21. The molecule has 0 bridgehead atoms. The van der Waals surface area contributed by atoms with Gasteiger partial charge < -0.3 is 8.85 Å². The third-order valence-corrected chi connectivity index (χ3v) is 7.57. The second-order valence-corrected chi connectivity index (χ2v) is 20.1. The molecule has 4 nitrogen and oxygen atoms in total. The van der Waals surface area contributed by atoms with Crippen LogP contribution in [0.25, 0.3) is 0 Å². The fourth-order valence-corrected chi connectivity index (χ4v) is 6.44. The first-order valence-electron chi connectivity index (χ1n) is 13.2.